The molecule has 0 saturated heterocycles. The first kappa shape index (κ1) is 28.0. The van der Waals surface area contributed by atoms with Gasteiger partial charge in [-0.1, -0.05) is 26.3 Å². The van der Waals surface area contributed by atoms with Crippen LogP contribution in [0.1, 0.15) is 91.9 Å². The zero-order valence-corrected chi connectivity index (χ0v) is 22.7. The van der Waals surface area contributed by atoms with E-state index in [2.05, 4.69) is 12.2 Å². The van der Waals surface area contributed by atoms with Gasteiger partial charge in [0.15, 0.2) is 12.4 Å². The third-order valence-electron chi connectivity index (χ3n) is 10.4. The number of allylic oxidation sites excluding steroid dienone is 1. The van der Waals surface area contributed by atoms with Gasteiger partial charge in [-0.15, -0.1) is 0 Å². The number of aliphatic hydroxyl groups is 2. The van der Waals surface area contributed by atoms with Crippen LogP contribution in [0.3, 0.4) is 0 Å². The van der Waals surface area contributed by atoms with Gasteiger partial charge in [-0.05, 0) is 81.1 Å². The zero-order chi connectivity index (χ0) is 27.2. The van der Waals surface area contributed by atoms with E-state index >= 15 is 0 Å². The van der Waals surface area contributed by atoms with Crippen LogP contribution in [0.15, 0.2) is 11.6 Å². The summed E-state index contributed by atoms with van der Waals surface area (Å²) < 4.78 is 5.19. The topological polar surface area (TPSA) is 130 Å². The Balaban J connectivity index is 1.41. The molecule has 3 N–H and O–H groups in total. The predicted octanol–water partition coefficient (Wildman–Crippen LogP) is 3.03. The Hall–Kier alpha value is -2.06. The summed E-state index contributed by atoms with van der Waals surface area (Å²) in [6.07, 6.45) is 5.82. The minimum Gasteiger partial charge on any atom is -0.458 e. The number of amides is 1. The number of fused-ring (bicyclic) bond motifs is 5. The molecular weight excluding hydrogens is 474 g/mol. The molecule has 0 radical (unpaired) electrons. The van der Waals surface area contributed by atoms with Crippen LogP contribution in [0.5, 0.6) is 0 Å². The van der Waals surface area contributed by atoms with Crippen LogP contribution in [0.4, 0.5) is 0 Å². The largest absolute Gasteiger partial charge is 0.458 e. The smallest absolute Gasteiger partial charge is 0.306 e. The summed E-state index contributed by atoms with van der Waals surface area (Å²) in [4.78, 5) is 49.5. The predicted molar refractivity (Wildman–Crippen MR) is 136 cm³/mol. The van der Waals surface area contributed by atoms with Crippen molar-refractivity contribution in [2.75, 3.05) is 6.61 Å². The standard InChI is InChI=1S/C29H43NO7/c1-5-17(2)30-24(34)8-9-25(35)37-16-23(33)29(36)13-11-21-20-7-6-18-14-19(31)10-12-27(18,3)26(20)22(32)15-28(21,29)4/h14,17,20-22,26,32,36H,5-13,15-16H2,1-4H3,(H,30,34). The second-order valence-electron chi connectivity index (χ2n) is 12.4. The first-order chi connectivity index (χ1) is 17.4. The fourth-order valence-corrected chi connectivity index (χ4v) is 8.15. The molecule has 0 spiro atoms. The second-order valence-corrected chi connectivity index (χ2v) is 12.4. The van der Waals surface area contributed by atoms with E-state index in [1.54, 1.807) is 6.08 Å². The maximum Gasteiger partial charge on any atom is 0.306 e. The highest BCUT2D eigenvalue weighted by Crippen LogP contribution is 2.67. The Morgan fingerprint density at radius 2 is 1.89 bits per heavy atom. The van der Waals surface area contributed by atoms with Gasteiger partial charge in [0.25, 0.3) is 0 Å². The molecule has 4 aliphatic carbocycles. The molecule has 4 rings (SSSR count). The first-order valence-corrected chi connectivity index (χ1v) is 14.0. The number of Topliss-reactive ketones (excluding diaryl/α,β-unsaturated/α-hetero) is 1. The lowest BCUT2D eigenvalue weighted by molar-refractivity contribution is -0.184. The maximum atomic E-state index is 13.3. The van der Waals surface area contributed by atoms with E-state index in [-0.39, 0.29) is 60.2 Å². The van der Waals surface area contributed by atoms with E-state index in [0.717, 1.165) is 31.3 Å². The quantitative estimate of drug-likeness (QED) is 0.422. The van der Waals surface area contributed by atoms with E-state index in [1.165, 1.54) is 0 Å². The van der Waals surface area contributed by atoms with Crippen molar-refractivity contribution in [3.8, 4) is 0 Å². The second kappa shape index (κ2) is 10.3. The molecule has 206 valence electrons. The fraction of sp³-hybridized carbons (Fsp3) is 0.793. The van der Waals surface area contributed by atoms with Gasteiger partial charge in [-0.3, -0.25) is 19.2 Å². The molecule has 0 aromatic rings. The van der Waals surface area contributed by atoms with E-state index in [1.807, 2.05) is 20.8 Å². The van der Waals surface area contributed by atoms with Gasteiger partial charge in [0.1, 0.15) is 5.60 Å². The molecule has 8 heteroatoms. The molecule has 8 unspecified atom stereocenters. The van der Waals surface area contributed by atoms with E-state index in [0.29, 0.717) is 19.3 Å². The minimum atomic E-state index is -1.68. The summed E-state index contributed by atoms with van der Waals surface area (Å²) in [6.45, 7) is 7.37. The Kier molecular flexibility index (Phi) is 7.75. The lowest BCUT2D eigenvalue weighted by Gasteiger charge is -2.60. The molecule has 1 amide bonds. The number of carbonyl (C=O) groups is 4. The van der Waals surface area contributed by atoms with Gasteiger partial charge in [0.2, 0.25) is 11.7 Å². The Labute approximate surface area is 219 Å². The molecule has 3 fully saturated rings. The van der Waals surface area contributed by atoms with Crippen LogP contribution in [-0.4, -0.2) is 58.0 Å². The average Bonchev–Trinajstić information content (AvgIpc) is 3.12. The van der Waals surface area contributed by atoms with E-state index in [4.69, 9.17) is 4.74 Å². The third-order valence-corrected chi connectivity index (χ3v) is 10.4. The lowest BCUT2D eigenvalue weighted by atomic mass is 9.45. The highest BCUT2D eigenvalue weighted by atomic mass is 16.5. The van der Waals surface area contributed by atoms with Gasteiger partial charge < -0.3 is 20.3 Å². The third kappa shape index (κ3) is 4.80. The minimum absolute atomic E-state index is 0.00414. The number of rotatable bonds is 8. The summed E-state index contributed by atoms with van der Waals surface area (Å²) in [6, 6.07) is 0.0239. The first-order valence-electron chi connectivity index (χ1n) is 14.0. The summed E-state index contributed by atoms with van der Waals surface area (Å²) >= 11 is 0. The number of ether oxygens (including phenoxy) is 1. The Bertz CT molecular complexity index is 991. The lowest BCUT2D eigenvalue weighted by Crippen LogP contribution is -2.62. The number of carbonyl (C=O) groups excluding carboxylic acids is 4. The summed E-state index contributed by atoms with van der Waals surface area (Å²) in [7, 11) is 0. The van der Waals surface area contributed by atoms with Crippen molar-refractivity contribution in [3.63, 3.8) is 0 Å². The monoisotopic (exact) mass is 517 g/mol. The van der Waals surface area contributed by atoms with E-state index < -0.39 is 35.5 Å². The van der Waals surface area contributed by atoms with Crippen LogP contribution >= 0.6 is 0 Å². The van der Waals surface area contributed by atoms with Crippen LogP contribution < -0.4 is 5.32 Å². The molecule has 4 aliphatic rings. The Morgan fingerprint density at radius 1 is 1.16 bits per heavy atom. The summed E-state index contributed by atoms with van der Waals surface area (Å²) in [5.74, 6) is -1.06. The van der Waals surface area contributed by atoms with Crippen molar-refractivity contribution in [1.29, 1.82) is 0 Å². The van der Waals surface area contributed by atoms with Crippen molar-refractivity contribution in [2.24, 2.45) is 28.6 Å². The van der Waals surface area contributed by atoms with Crippen molar-refractivity contribution in [1.82, 2.24) is 5.32 Å². The molecule has 0 bridgehead atoms. The zero-order valence-electron chi connectivity index (χ0n) is 22.7. The van der Waals surface area contributed by atoms with Gasteiger partial charge in [-0.2, -0.15) is 0 Å². The molecule has 0 aromatic carbocycles. The van der Waals surface area contributed by atoms with Crippen molar-refractivity contribution >= 4 is 23.4 Å². The molecule has 0 aromatic heterocycles. The number of ketones is 2. The van der Waals surface area contributed by atoms with Crippen molar-refractivity contribution < 1.29 is 34.1 Å². The van der Waals surface area contributed by atoms with Gasteiger partial charge in [-0.25, -0.2) is 0 Å². The van der Waals surface area contributed by atoms with Gasteiger partial charge in [0, 0.05) is 24.3 Å². The number of esters is 1. The maximum absolute atomic E-state index is 13.3. The van der Waals surface area contributed by atoms with Crippen LogP contribution in [0.2, 0.25) is 0 Å². The Morgan fingerprint density at radius 3 is 2.59 bits per heavy atom. The molecule has 8 nitrogen and oxygen atoms in total. The summed E-state index contributed by atoms with van der Waals surface area (Å²) in [5.41, 5.74) is -1.60. The molecule has 3 saturated carbocycles. The molecular formula is C29H43NO7. The van der Waals surface area contributed by atoms with Crippen molar-refractivity contribution in [3.05, 3.63) is 11.6 Å². The van der Waals surface area contributed by atoms with Crippen LogP contribution in [-0.2, 0) is 23.9 Å². The van der Waals surface area contributed by atoms with Crippen molar-refractivity contribution in [2.45, 2.75) is 110 Å². The SMILES string of the molecule is CCC(C)NC(=O)CCC(=O)OCC(=O)C1(O)CCC2C3CCC4=CC(=O)CCC4(C)C3C(O)CC21C. The number of hydrogen-bond donors (Lipinski definition) is 3. The van der Waals surface area contributed by atoms with Gasteiger partial charge >= 0.3 is 5.97 Å². The number of aliphatic hydroxyl groups excluding tert-OH is 1. The summed E-state index contributed by atoms with van der Waals surface area (Å²) in [5, 5.41) is 26.0. The number of nitrogens with one attached hydrogen (secondary N) is 1. The molecule has 8 atom stereocenters. The van der Waals surface area contributed by atoms with Crippen LogP contribution in [0.25, 0.3) is 0 Å². The van der Waals surface area contributed by atoms with Gasteiger partial charge in [0.05, 0.1) is 12.5 Å². The molecule has 0 aliphatic heterocycles. The van der Waals surface area contributed by atoms with E-state index in [9.17, 15) is 29.4 Å². The highest BCUT2D eigenvalue weighted by molar-refractivity contribution is 5.92. The normalized spacial score (nSPS) is 39.5. The fourth-order valence-electron chi connectivity index (χ4n) is 8.15. The molecule has 0 heterocycles. The number of hydrogen-bond acceptors (Lipinski definition) is 7. The average molecular weight is 518 g/mol. The highest BCUT2D eigenvalue weighted by Gasteiger charge is 2.68. The molecule has 37 heavy (non-hydrogen) atoms. The van der Waals surface area contributed by atoms with Crippen LogP contribution in [0, 0.1) is 28.6 Å².